The number of nitrogens with one attached hydrogen (secondary N) is 1. The van der Waals surface area contributed by atoms with Gasteiger partial charge in [0.15, 0.2) is 11.5 Å². The van der Waals surface area contributed by atoms with Gasteiger partial charge in [-0.2, -0.15) is 17.7 Å². The van der Waals surface area contributed by atoms with Gasteiger partial charge < -0.3 is 10.1 Å². The lowest BCUT2D eigenvalue weighted by molar-refractivity contribution is -0.146. The Bertz CT molecular complexity index is 904. The molecule has 0 saturated heterocycles. The molecule has 1 N–H and O–H groups in total. The minimum atomic E-state index is -4.63. The predicted molar refractivity (Wildman–Crippen MR) is 83.4 cm³/mol. The van der Waals surface area contributed by atoms with Crippen LogP contribution in [-0.4, -0.2) is 31.9 Å². The van der Waals surface area contributed by atoms with E-state index >= 15 is 0 Å². The minimum Gasteiger partial charge on any atom is -0.481 e. The van der Waals surface area contributed by atoms with Crippen LogP contribution in [0.5, 0.6) is 5.88 Å². The summed E-state index contributed by atoms with van der Waals surface area (Å²) in [5.74, 6) is -0.347. The van der Waals surface area contributed by atoms with Crippen molar-refractivity contribution in [3.63, 3.8) is 0 Å². The highest BCUT2D eigenvalue weighted by atomic mass is 19.4. The van der Waals surface area contributed by atoms with E-state index in [0.717, 1.165) is 10.1 Å². The Balaban J connectivity index is 1.93. The molecule has 3 heterocycles. The monoisotopic (exact) mass is 352 g/mol. The summed E-state index contributed by atoms with van der Waals surface area (Å²) in [6.07, 6.45) is -3.02. The smallest absolute Gasteiger partial charge is 0.453 e. The number of alkyl halides is 3. The highest BCUT2D eigenvalue weighted by Crippen LogP contribution is 2.29. The third kappa shape index (κ3) is 3.19. The molecule has 3 aromatic heterocycles. The molecule has 0 aliphatic carbocycles. The minimum absolute atomic E-state index is 0.0847. The third-order valence-corrected chi connectivity index (χ3v) is 3.81. The summed E-state index contributed by atoms with van der Waals surface area (Å²) in [6.45, 7) is 3.79. The van der Waals surface area contributed by atoms with Gasteiger partial charge in [0.1, 0.15) is 0 Å². The average Bonchev–Trinajstić information content (AvgIpc) is 3.01. The molecule has 0 radical (unpaired) electrons. The molecule has 0 fully saturated rings. The second kappa shape index (κ2) is 6.19. The molecule has 7 nitrogen and oxygen atoms in total. The summed E-state index contributed by atoms with van der Waals surface area (Å²) < 4.78 is 44.8. The molecule has 0 aliphatic rings. The Kier molecular flexibility index (Phi) is 4.19. The van der Waals surface area contributed by atoms with Gasteiger partial charge >= 0.3 is 6.18 Å². The Morgan fingerprint density at radius 1 is 1.16 bits per heavy atom. The van der Waals surface area contributed by atoms with Crippen molar-refractivity contribution in [1.29, 1.82) is 0 Å². The van der Waals surface area contributed by atoms with Gasteiger partial charge in [-0.25, -0.2) is 4.98 Å². The predicted octanol–water partition coefficient (Wildman–Crippen LogP) is 2.78. The largest absolute Gasteiger partial charge is 0.481 e. The van der Waals surface area contributed by atoms with Gasteiger partial charge in [0.25, 0.3) is 5.82 Å². The summed E-state index contributed by atoms with van der Waals surface area (Å²) in [5, 5.41) is 13.9. The second-order valence-electron chi connectivity index (χ2n) is 5.42. The summed E-state index contributed by atoms with van der Waals surface area (Å²) >= 11 is 0. The number of pyridine rings is 1. The van der Waals surface area contributed by atoms with Crippen LogP contribution in [0.2, 0.25) is 0 Å². The number of methoxy groups -OCH3 is 1. The van der Waals surface area contributed by atoms with Crippen LogP contribution in [0.3, 0.4) is 0 Å². The number of hydrogen-bond donors (Lipinski definition) is 1. The van der Waals surface area contributed by atoms with Crippen molar-refractivity contribution in [2.24, 2.45) is 0 Å². The molecular weight excluding hydrogens is 337 g/mol. The Morgan fingerprint density at radius 3 is 2.52 bits per heavy atom. The molecule has 3 rings (SSSR count). The molecule has 25 heavy (non-hydrogen) atoms. The van der Waals surface area contributed by atoms with E-state index in [2.05, 4.69) is 25.6 Å². The van der Waals surface area contributed by atoms with Gasteiger partial charge in [-0.05, 0) is 25.0 Å². The topological polar surface area (TPSA) is 77.2 Å². The molecule has 132 valence electrons. The van der Waals surface area contributed by atoms with Crippen molar-refractivity contribution in [2.75, 3.05) is 12.4 Å². The highest BCUT2D eigenvalue weighted by Gasteiger charge is 2.38. The van der Waals surface area contributed by atoms with E-state index < -0.39 is 12.0 Å². The van der Waals surface area contributed by atoms with Crippen molar-refractivity contribution in [1.82, 2.24) is 24.8 Å². The van der Waals surface area contributed by atoms with Crippen molar-refractivity contribution >= 4 is 11.5 Å². The van der Waals surface area contributed by atoms with Gasteiger partial charge in [-0.1, -0.05) is 6.07 Å². The molecule has 0 spiro atoms. The fourth-order valence-electron chi connectivity index (χ4n) is 2.30. The molecule has 0 saturated carbocycles. The molecular formula is C15H15F3N6O. The maximum absolute atomic E-state index is 13.0. The van der Waals surface area contributed by atoms with E-state index in [9.17, 15) is 13.2 Å². The number of ether oxygens (including phenoxy) is 1. The summed E-state index contributed by atoms with van der Waals surface area (Å²) in [6, 6.07) is 3.51. The highest BCUT2D eigenvalue weighted by molar-refractivity contribution is 5.58. The maximum Gasteiger partial charge on any atom is 0.453 e. The van der Waals surface area contributed by atoms with Crippen LogP contribution in [0.15, 0.2) is 18.3 Å². The van der Waals surface area contributed by atoms with Gasteiger partial charge in [0, 0.05) is 24.4 Å². The van der Waals surface area contributed by atoms with Gasteiger partial charge in [0.2, 0.25) is 5.88 Å². The van der Waals surface area contributed by atoms with Crippen molar-refractivity contribution in [3.8, 4) is 5.88 Å². The standard InChI is InChI=1S/C15H15F3N6O/c1-8-9(2)13-21-22-14(15(16,17)18)24(13)23-12(8)20-7-10-4-5-11(25-3)19-6-10/h4-6H,7H2,1-3H3,(H,20,23). The fraction of sp³-hybridized carbons (Fsp3) is 0.333. The first kappa shape index (κ1) is 16.9. The lowest BCUT2D eigenvalue weighted by atomic mass is 10.2. The Hall–Kier alpha value is -2.91. The number of halogens is 3. The molecule has 0 aromatic carbocycles. The lowest BCUT2D eigenvalue weighted by Gasteiger charge is -2.12. The molecule has 0 aliphatic heterocycles. The van der Waals surface area contributed by atoms with Crippen LogP contribution in [0.4, 0.5) is 19.0 Å². The first-order valence-electron chi connectivity index (χ1n) is 7.34. The number of aromatic nitrogens is 5. The van der Waals surface area contributed by atoms with E-state index in [1.165, 1.54) is 7.11 Å². The van der Waals surface area contributed by atoms with Crippen LogP contribution >= 0.6 is 0 Å². The zero-order valence-corrected chi connectivity index (χ0v) is 13.7. The quantitative estimate of drug-likeness (QED) is 0.778. The zero-order chi connectivity index (χ0) is 18.2. The zero-order valence-electron chi connectivity index (χ0n) is 13.7. The fourth-order valence-corrected chi connectivity index (χ4v) is 2.30. The maximum atomic E-state index is 13.0. The van der Waals surface area contributed by atoms with Crippen LogP contribution < -0.4 is 10.1 Å². The second-order valence-corrected chi connectivity index (χ2v) is 5.42. The number of anilines is 1. The lowest BCUT2D eigenvalue weighted by Crippen LogP contribution is -2.15. The van der Waals surface area contributed by atoms with Crippen LogP contribution in [-0.2, 0) is 12.7 Å². The normalized spacial score (nSPS) is 11.8. The van der Waals surface area contributed by atoms with E-state index in [4.69, 9.17) is 4.74 Å². The number of fused-ring (bicyclic) bond motifs is 1. The third-order valence-electron chi connectivity index (χ3n) is 3.81. The molecule has 3 aromatic rings. The van der Waals surface area contributed by atoms with Gasteiger partial charge in [-0.15, -0.1) is 15.3 Å². The van der Waals surface area contributed by atoms with E-state index in [0.29, 0.717) is 29.4 Å². The van der Waals surface area contributed by atoms with E-state index in [1.807, 2.05) is 0 Å². The van der Waals surface area contributed by atoms with Crippen molar-refractivity contribution < 1.29 is 17.9 Å². The molecule has 0 unspecified atom stereocenters. The van der Waals surface area contributed by atoms with Gasteiger partial charge in [0.05, 0.1) is 7.11 Å². The van der Waals surface area contributed by atoms with Gasteiger partial charge in [-0.3, -0.25) is 0 Å². The SMILES string of the molecule is COc1ccc(CNc2nn3c(C(F)(F)F)nnc3c(C)c2C)cn1. The van der Waals surface area contributed by atoms with E-state index in [1.54, 1.807) is 32.2 Å². The van der Waals surface area contributed by atoms with Crippen molar-refractivity contribution in [3.05, 3.63) is 40.8 Å². The summed E-state index contributed by atoms with van der Waals surface area (Å²) in [4.78, 5) is 4.08. The van der Waals surface area contributed by atoms with Crippen molar-refractivity contribution in [2.45, 2.75) is 26.6 Å². The number of hydrogen-bond acceptors (Lipinski definition) is 6. The summed E-state index contributed by atoms with van der Waals surface area (Å²) in [7, 11) is 1.52. The first-order valence-corrected chi connectivity index (χ1v) is 7.34. The van der Waals surface area contributed by atoms with E-state index in [-0.39, 0.29) is 5.65 Å². The molecule has 0 atom stereocenters. The number of aryl methyl sites for hydroxylation is 1. The Labute approximate surface area is 140 Å². The van der Waals surface area contributed by atoms with Crippen LogP contribution in [0.1, 0.15) is 22.5 Å². The molecule has 0 amide bonds. The Morgan fingerprint density at radius 2 is 1.92 bits per heavy atom. The first-order chi connectivity index (χ1) is 11.8. The van der Waals surface area contributed by atoms with Crippen LogP contribution in [0.25, 0.3) is 5.65 Å². The number of rotatable bonds is 4. The number of nitrogens with zero attached hydrogens (tertiary/aromatic N) is 5. The summed E-state index contributed by atoms with van der Waals surface area (Å²) in [5.41, 5.74) is 2.20. The van der Waals surface area contributed by atoms with Crippen LogP contribution in [0, 0.1) is 13.8 Å². The molecule has 10 heteroatoms. The molecule has 0 bridgehead atoms. The average molecular weight is 352 g/mol.